The molecule has 0 atom stereocenters. The van der Waals surface area contributed by atoms with Crippen LogP contribution in [0.25, 0.3) is 0 Å². The van der Waals surface area contributed by atoms with E-state index in [1.54, 1.807) is 31.4 Å². The molecule has 27 heavy (non-hydrogen) atoms. The van der Waals surface area contributed by atoms with Gasteiger partial charge >= 0.3 is 6.03 Å². The molecule has 7 nitrogen and oxygen atoms in total. The molecule has 4 saturated carbocycles. The van der Waals surface area contributed by atoms with Crippen molar-refractivity contribution < 1.29 is 9.59 Å². The highest BCUT2D eigenvalue weighted by molar-refractivity contribution is 6.02. The van der Waals surface area contributed by atoms with E-state index in [-0.39, 0.29) is 24.0 Å². The van der Waals surface area contributed by atoms with Gasteiger partial charge in [0.1, 0.15) is 6.54 Å². The molecule has 0 aromatic carbocycles. The van der Waals surface area contributed by atoms with Gasteiger partial charge in [0, 0.05) is 25.8 Å². The molecule has 0 saturated heterocycles. The SMILES string of the molecule is CN1C(=O)N(CC(=O)NC23CC4CC(CC(C4)C2)C3)c2cccnc2N1C. The molecule has 1 aromatic heterocycles. The van der Waals surface area contributed by atoms with Crippen molar-refractivity contribution in [1.29, 1.82) is 0 Å². The maximum atomic E-state index is 13.0. The number of hydrogen-bond donors (Lipinski definition) is 1. The first-order chi connectivity index (χ1) is 12.9. The van der Waals surface area contributed by atoms with Crippen LogP contribution in [-0.2, 0) is 4.79 Å². The number of aromatic nitrogens is 1. The van der Waals surface area contributed by atoms with Crippen LogP contribution < -0.4 is 15.2 Å². The Labute approximate surface area is 159 Å². The highest BCUT2D eigenvalue weighted by Crippen LogP contribution is 2.55. The molecule has 4 aliphatic carbocycles. The molecule has 0 spiro atoms. The minimum atomic E-state index is -0.210. The summed E-state index contributed by atoms with van der Waals surface area (Å²) in [6, 6.07) is 3.44. The van der Waals surface area contributed by atoms with Crippen molar-refractivity contribution in [1.82, 2.24) is 15.3 Å². The van der Waals surface area contributed by atoms with Crippen LogP contribution in [0.5, 0.6) is 0 Å². The third-order valence-corrected chi connectivity index (χ3v) is 7.07. The molecule has 2 heterocycles. The Morgan fingerprint density at radius 3 is 2.41 bits per heavy atom. The van der Waals surface area contributed by atoms with Gasteiger partial charge in [-0.3, -0.25) is 14.7 Å². The monoisotopic (exact) mass is 369 g/mol. The molecule has 0 radical (unpaired) electrons. The van der Waals surface area contributed by atoms with E-state index in [0.717, 1.165) is 37.0 Å². The van der Waals surface area contributed by atoms with E-state index in [4.69, 9.17) is 0 Å². The lowest BCUT2D eigenvalue weighted by Gasteiger charge is -2.57. The van der Waals surface area contributed by atoms with E-state index in [9.17, 15) is 9.59 Å². The average molecular weight is 369 g/mol. The van der Waals surface area contributed by atoms with Crippen LogP contribution in [0.4, 0.5) is 16.3 Å². The Kier molecular flexibility index (Phi) is 3.64. The third-order valence-electron chi connectivity index (χ3n) is 7.07. The number of urea groups is 1. The molecule has 5 aliphatic rings. The van der Waals surface area contributed by atoms with Crippen molar-refractivity contribution in [2.75, 3.05) is 30.5 Å². The van der Waals surface area contributed by atoms with E-state index in [1.165, 1.54) is 29.2 Å². The quantitative estimate of drug-likeness (QED) is 0.888. The van der Waals surface area contributed by atoms with Crippen molar-refractivity contribution in [3.05, 3.63) is 18.3 Å². The minimum absolute atomic E-state index is 0.0366. The second-order valence-electron chi connectivity index (χ2n) is 9.01. The van der Waals surface area contributed by atoms with Gasteiger partial charge in [-0.2, -0.15) is 0 Å². The lowest BCUT2D eigenvalue weighted by atomic mass is 9.53. The molecule has 1 N–H and O–H groups in total. The fraction of sp³-hybridized carbons (Fsp3) is 0.650. The second kappa shape index (κ2) is 5.84. The summed E-state index contributed by atoms with van der Waals surface area (Å²) in [5, 5.41) is 6.57. The fourth-order valence-electron chi connectivity index (χ4n) is 6.29. The Hall–Kier alpha value is -2.31. The molecule has 7 heteroatoms. The number of carbonyl (C=O) groups is 2. The summed E-state index contributed by atoms with van der Waals surface area (Å²) in [4.78, 5) is 31.7. The maximum Gasteiger partial charge on any atom is 0.343 e. The molecule has 6 rings (SSSR count). The standard InChI is InChI=1S/C20H27N5O2/c1-23-18-16(4-3-5-21-18)25(19(27)24(23)2)12-17(26)22-20-9-13-6-14(10-20)8-15(7-13)11-20/h3-5,13-15H,6-12H2,1-2H3,(H,22,26). The number of rotatable bonds is 3. The van der Waals surface area contributed by atoms with Gasteiger partial charge < -0.3 is 5.32 Å². The van der Waals surface area contributed by atoms with E-state index >= 15 is 0 Å². The van der Waals surface area contributed by atoms with Crippen molar-refractivity contribution in [2.24, 2.45) is 17.8 Å². The van der Waals surface area contributed by atoms with Crippen LogP contribution in [0, 0.1) is 17.8 Å². The second-order valence-corrected chi connectivity index (χ2v) is 9.01. The summed E-state index contributed by atoms with van der Waals surface area (Å²) < 4.78 is 0. The number of hydrazine groups is 1. The number of nitrogens with one attached hydrogen (secondary N) is 1. The molecule has 1 aliphatic heterocycles. The first-order valence-corrected chi connectivity index (χ1v) is 9.99. The van der Waals surface area contributed by atoms with Gasteiger partial charge in [0.05, 0.1) is 5.69 Å². The number of nitrogens with zero attached hydrogens (tertiary/aromatic N) is 4. The predicted molar refractivity (Wildman–Crippen MR) is 102 cm³/mol. The van der Waals surface area contributed by atoms with E-state index < -0.39 is 0 Å². The van der Waals surface area contributed by atoms with E-state index in [1.807, 2.05) is 6.07 Å². The largest absolute Gasteiger partial charge is 0.349 e. The number of amides is 3. The van der Waals surface area contributed by atoms with Gasteiger partial charge in [-0.1, -0.05) is 0 Å². The Morgan fingerprint density at radius 1 is 1.15 bits per heavy atom. The molecule has 4 fully saturated rings. The smallest absolute Gasteiger partial charge is 0.343 e. The molecule has 4 bridgehead atoms. The third kappa shape index (κ3) is 2.66. The van der Waals surface area contributed by atoms with Crippen molar-refractivity contribution in [3.63, 3.8) is 0 Å². The van der Waals surface area contributed by atoms with Crippen LogP contribution in [0.15, 0.2) is 18.3 Å². The summed E-state index contributed by atoms with van der Waals surface area (Å²) in [6.45, 7) is 0.0391. The summed E-state index contributed by atoms with van der Waals surface area (Å²) in [7, 11) is 3.50. The topological polar surface area (TPSA) is 68.8 Å². The molecule has 1 aromatic rings. The number of pyridine rings is 1. The zero-order valence-corrected chi connectivity index (χ0v) is 16.0. The van der Waals surface area contributed by atoms with E-state index in [2.05, 4.69) is 10.3 Å². The lowest BCUT2D eigenvalue weighted by Crippen LogP contribution is -2.62. The number of carbonyl (C=O) groups excluding carboxylic acids is 2. The normalized spacial score (nSPS) is 34.1. The van der Waals surface area contributed by atoms with Crippen LogP contribution >= 0.6 is 0 Å². The van der Waals surface area contributed by atoms with Gasteiger partial charge in [-0.25, -0.2) is 14.8 Å². The zero-order chi connectivity index (χ0) is 18.8. The lowest BCUT2D eigenvalue weighted by molar-refractivity contribution is -0.125. The van der Waals surface area contributed by atoms with Gasteiger partial charge in [-0.05, 0) is 68.4 Å². The van der Waals surface area contributed by atoms with Crippen LogP contribution in [-0.4, -0.2) is 48.1 Å². The number of hydrogen-bond acceptors (Lipinski definition) is 4. The molecule has 3 amide bonds. The van der Waals surface area contributed by atoms with Gasteiger partial charge in [-0.15, -0.1) is 0 Å². The molecule has 144 valence electrons. The van der Waals surface area contributed by atoms with Crippen LogP contribution in [0.1, 0.15) is 38.5 Å². The highest BCUT2D eigenvalue weighted by atomic mass is 16.2. The maximum absolute atomic E-state index is 13.0. The van der Waals surface area contributed by atoms with Crippen molar-refractivity contribution >= 4 is 23.4 Å². The van der Waals surface area contributed by atoms with Crippen LogP contribution in [0.3, 0.4) is 0 Å². The Balaban J connectivity index is 1.35. The summed E-state index contributed by atoms with van der Waals surface area (Å²) in [5.41, 5.74) is 0.647. The first-order valence-electron chi connectivity index (χ1n) is 9.99. The average Bonchev–Trinajstić information content (AvgIpc) is 2.62. The van der Waals surface area contributed by atoms with Crippen molar-refractivity contribution in [3.8, 4) is 0 Å². The van der Waals surface area contributed by atoms with Gasteiger partial charge in [0.25, 0.3) is 0 Å². The van der Waals surface area contributed by atoms with Crippen molar-refractivity contribution in [2.45, 2.75) is 44.1 Å². The van der Waals surface area contributed by atoms with E-state index in [0.29, 0.717) is 11.5 Å². The zero-order valence-electron chi connectivity index (χ0n) is 16.0. The Bertz CT molecular complexity index is 759. The summed E-state index contributed by atoms with van der Waals surface area (Å²) in [5.74, 6) is 2.95. The summed E-state index contributed by atoms with van der Waals surface area (Å²) in [6.07, 6.45) is 9.06. The fourth-order valence-corrected chi connectivity index (χ4v) is 6.29. The Morgan fingerprint density at radius 2 is 1.78 bits per heavy atom. The minimum Gasteiger partial charge on any atom is -0.349 e. The molecular weight excluding hydrogens is 342 g/mol. The summed E-state index contributed by atoms with van der Waals surface area (Å²) >= 11 is 0. The highest BCUT2D eigenvalue weighted by Gasteiger charge is 2.51. The molecule has 0 unspecified atom stereocenters. The van der Waals surface area contributed by atoms with Gasteiger partial charge in [0.15, 0.2) is 5.82 Å². The number of anilines is 2. The first kappa shape index (κ1) is 16.8. The predicted octanol–water partition coefficient (Wildman–Crippen LogP) is 2.39. The molecular formula is C20H27N5O2. The number of fused-ring (bicyclic) bond motifs is 1. The van der Waals surface area contributed by atoms with Gasteiger partial charge in [0.2, 0.25) is 5.91 Å². The van der Waals surface area contributed by atoms with Crippen LogP contribution in [0.2, 0.25) is 0 Å².